The molecular weight excluding hydrogens is 286 g/mol. The summed E-state index contributed by atoms with van der Waals surface area (Å²) in [4.78, 5) is 2.19. The summed E-state index contributed by atoms with van der Waals surface area (Å²) in [6, 6.07) is 2.03. The van der Waals surface area contributed by atoms with E-state index in [0.29, 0.717) is 13.5 Å². The van der Waals surface area contributed by atoms with E-state index < -0.39 is 8.56 Å². The number of rotatable bonds is 15. The standard InChI is InChI=1S/C15H35NO4Si/c1-6-17-14-16(15-18-7-2)12-11-13-21(10-5,19-8-3)20-9-4/h6-15H2,1-5H3. The van der Waals surface area contributed by atoms with Crippen LogP contribution in [0.25, 0.3) is 0 Å². The summed E-state index contributed by atoms with van der Waals surface area (Å²) in [6.07, 6.45) is 1.06. The van der Waals surface area contributed by atoms with Gasteiger partial charge in [0.2, 0.25) is 0 Å². The van der Waals surface area contributed by atoms with Crippen LogP contribution in [0.5, 0.6) is 0 Å². The molecule has 0 aliphatic carbocycles. The molecule has 0 rings (SSSR count). The lowest BCUT2D eigenvalue weighted by Crippen LogP contribution is -2.42. The first kappa shape index (κ1) is 21.0. The predicted molar refractivity (Wildman–Crippen MR) is 88.6 cm³/mol. The molecule has 0 aliphatic rings. The van der Waals surface area contributed by atoms with Gasteiger partial charge in [0, 0.05) is 33.0 Å². The van der Waals surface area contributed by atoms with E-state index in [1.165, 1.54) is 0 Å². The number of nitrogens with zero attached hydrogens (tertiary/aromatic N) is 1. The molecule has 0 N–H and O–H groups in total. The fourth-order valence-corrected chi connectivity index (χ4v) is 5.15. The Morgan fingerprint density at radius 3 is 1.67 bits per heavy atom. The molecule has 5 nitrogen and oxygen atoms in total. The lowest BCUT2D eigenvalue weighted by molar-refractivity contribution is -0.0390. The quantitative estimate of drug-likeness (QED) is 0.342. The molecule has 0 radical (unpaired) electrons. The van der Waals surface area contributed by atoms with E-state index in [-0.39, 0.29) is 0 Å². The van der Waals surface area contributed by atoms with Gasteiger partial charge in [0.05, 0.1) is 0 Å². The van der Waals surface area contributed by atoms with Crippen LogP contribution in [0.15, 0.2) is 0 Å². The first-order chi connectivity index (χ1) is 10.2. The van der Waals surface area contributed by atoms with Crippen LogP contribution in [0.2, 0.25) is 12.1 Å². The van der Waals surface area contributed by atoms with Crippen molar-refractivity contribution >= 4 is 8.56 Å². The molecule has 0 atom stereocenters. The molecule has 128 valence electrons. The van der Waals surface area contributed by atoms with Crippen LogP contribution in [0, 0.1) is 0 Å². The van der Waals surface area contributed by atoms with Crippen LogP contribution in [-0.4, -0.2) is 59.9 Å². The molecule has 0 aromatic carbocycles. The second-order valence-corrected chi connectivity index (χ2v) is 8.48. The summed E-state index contributed by atoms with van der Waals surface area (Å²) < 4.78 is 23.0. The molecule has 0 spiro atoms. The second kappa shape index (κ2) is 13.7. The molecule has 0 saturated carbocycles. The van der Waals surface area contributed by atoms with Crippen molar-refractivity contribution in [2.75, 3.05) is 46.4 Å². The molecular formula is C15H35NO4Si. The second-order valence-electron chi connectivity index (χ2n) is 4.87. The monoisotopic (exact) mass is 321 g/mol. The van der Waals surface area contributed by atoms with Gasteiger partial charge in [-0.05, 0) is 46.2 Å². The SMILES string of the molecule is CCOCN(CCC[Si](CC)(OCC)OCC)COCC. The Hall–Kier alpha value is 0.0169. The smallest absolute Gasteiger partial charge is 0.337 e. The average molecular weight is 322 g/mol. The van der Waals surface area contributed by atoms with Gasteiger partial charge in [-0.3, -0.25) is 4.90 Å². The summed E-state index contributed by atoms with van der Waals surface area (Å²) in [5.41, 5.74) is 0. The van der Waals surface area contributed by atoms with Crippen LogP contribution < -0.4 is 0 Å². The first-order valence-corrected chi connectivity index (χ1v) is 10.6. The normalized spacial score (nSPS) is 12.3. The van der Waals surface area contributed by atoms with Crippen molar-refractivity contribution < 1.29 is 18.3 Å². The van der Waals surface area contributed by atoms with Crippen molar-refractivity contribution in [1.82, 2.24) is 4.90 Å². The third kappa shape index (κ3) is 9.60. The highest BCUT2D eigenvalue weighted by atomic mass is 28.4. The zero-order chi connectivity index (χ0) is 16.0. The zero-order valence-corrected chi connectivity index (χ0v) is 15.7. The van der Waals surface area contributed by atoms with Gasteiger partial charge in [-0.15, -0.1) is 0 Å². The Kier molecular flexibility index (Phi) is 13.7. The molecule has 0 unspecified atom stereocenters. The Morgan fingerprint density at radius 2 is 1.29 bits per heavy atom. The van der Waals surface area contributed by atoms with Gasteiger partial charge < -0.3 is 18.3 Å². The van der Waals surface area contributed by atoms with E-state index in [9.17, 15) is 0 Å². The van der Waals surface area contributed by atoms with Gasteiger partial charge >= 0.3 is 8.56 Å². The van der Waals surface area contributed by atoms with E-state index >= 15 is 0 Å². The highest BCUT2D eigenvalue weighted by Crippen LogP contribution is 2.21. The molecule has 6 heteroatoms. The highest BCUT2D eigenvalue weighted by Gasteiger charge is 2.34. The fourth-order valence-electron chi connectivity index (χ4n) is 2.27. The number of hydrogen-bond donors (Lipinski definition) is 0. The van der Waals surface area contributed by atoms with Crippen molar-refractivity contribution in [3.8, 4) is 0 Å². The maximum Gasteiger partial charge on any atom is 0.337 e. The molecule has 21 heavy (non-hydrogen) atoms. The van der Waals surface area contributed by atoms with Gasteiger partial charge in [-0.1, -0.05) is 6.92 Å². The van der Waals surface area contributed by atoms with Gasteiger partial charge in [0.15, 0.2) is 0 Å². The van der Waals surface area contributed by atoms with Crippen LogP contribution in [0.1, 0.15) is 41.0 Å². The summed E-state index contributed by atoms with van der Waals surface area (Å²) in [7, 11) is -2.01. The van der Waals surface area contributed by atoms with Crippen molar-refractivity contribution in [3.63, 3.8) is 0 Å². The topological polar surface area (TPSA) is 40.2 Å². The molecule has 0 aliphatic heterocycles. The minimum Gasteiger partial charge on any atom is -0.394 e. The molecule has 0 amide bonds. The van der Waals surface area contributed by atoms with E-state index in [2.05, 4.69) is 11.8 Å². The van der Waals surface area contributed by atoms with Crippen molar-refractivity contribution in [2.45, 2.75) is 53.1 Å². The number of ether oxygens (including phenoxy) is 2. The third-order valence-electron chi connectivity index (χ3n) is 3.34. The fraction of sp³-hybridized carbons (Fsp3) is 1.00. The van der Waals surface area contributed by atoms with E-state index in [1.54, 1.807) is 0 Å². The van der Waals surface area contributed by atoms with Crippen LogP contribution >= 0.6 is 0 Å². The maximum atomic E-state index is 6.00. The minimum absolute atomic E-state index is 0.625. The lowest BCUT2D eigenvalue weighted by Gasteiger charge is -2.30. The number of hydrogen-bond acceptors (Lipinski definition) is 5. The summed E-state index contributed by atoms with van der Waals surface area (Å²) in [5, 5.41) is 0. The van der Waals surface area contributed by atoms with E-state index in [1.807, 2.05) is 27.7 Å². The van der Waals surface area contributed by atoms with Crippen LogP contribution in [0.3, 0.4) is 0 Å². The Bertz CT molecular complexity index is 218. The summed E-state index contributed by atoms with van der Waals surface area (Å²) in [5.74, 6) is 0. The Morgan fingerprint density at radius 1 is 0.762 bits per heavy atom. The van der Waals surface area contributed by atoms with Crippen molar-refractivity contribution in [3.05, 3.63) is 0 Å². The van der Waals surface area contributed by atoms with Gasteiger partial charge in [0.25, 0.3) is 0 Å². The average Bonchev–Trinajstić information content (AvgIpc) is 2.49. The summed E-state index contributed by atoms with van der Waals surface area (Å²) >= 11 is 0. The first-order valence-electron chi connectivity index (χ1n) is 8.33. The Labute approximate surface area is 132 Å². The zero-order valence-electron chi connectivity index (χ0n) is 14.7. The van der Waals surface area contributed by atoms with Gasteiger partial charge in [-0.25, -0.2) is 0 Å². The molecule has 0 bridgehead atoms. The van der Waals surface area contributed by atoms with Crippen molar-refractivity contribution in [1.29, 1.82) is 0 Å². The van der Waals surface area contributed by atoms with Crippen LogP contribution in [0.4, 0.5) is 0 Å². The predicted octanol–water partition coefficient (Wildman–Crippen LogP) is 3.20. The maximum absolute atomic E-state index is 6.00. The van der Waals surface area contributed by atoms with E-state index in [0.717, 1.165) is 51.5 Å². The lowest BCUT2D eigenvalue weighted by atomic mass is 10.4. The molecule has 0 aromatic rings. The summed E-state index contributed by atoms with van der Waals surface area (Å²) in [6.45, 7) is 15.4. The molecule has 0 fully saturated rings. The Balaban J connectivity index is 4.27. The highest BCUT2D eigenvalue weighted by molar-refractivity contribution is 6.67. The van der Waals surface area contributed by atoms with Gasteiger partial charge in [0.1, 0.15) is 13.5 Å². The molecule has 0 aromatic heterocycles. The van der Waals surface area contributed by atoms with Gasteiger partial charge in [-0.2, -0.15) is 0 Å². The van der Waals surface area contributed by atoms with Crippen molar-refractivity contribution in [2.24, 2.45) is 0 Å². The minimum atomic E-state index is -2.01. The van der Waals surface area contributed by atoms with Crippen LogP contribution in [-0.2, 0) is 18.3 Å². The largest absolute Gasteiger partial charge is 0.394 e. The third-order valence-corrected chi connectivity index (χ3v) is 7.16. The molecule has 0 saturated heterocycles. The molecule has 0 heterocycles. The van der Waals surface area contributed by atoms with E-state index in [4.69, 9.17) is 18.3 Å².